The second-order valence-electron chi connectivity index (χ2n) is 6.65. The Morgan fingerprint density at radius 3 is 2.41 bits per heavy atom. The second kappa shape index (κ2) is 8.39. The number of amides is 1. The zero-order chi connectivity index (χ0) is 16.2. The lowest BCUT2D eigenvalue weighted by Gasteiger charge is -2.22. The van der Waals surface area contributed by atoms with E-state index in [0.717, 1.165) is 11.3 Å². The van der Waals surface area contributed by atoms with Gasteiger partial charge in [-0.2, -0.15) is 0 Å². The quantitative estimate of drug-likeness (QED) is 0.843. The highest BCUT2D eigenvalue weighted by atomic mass is 35.5. The van der Waals surface area contributed by atoms with E-state index in [1.165, 1.54) is 5.56 Å². The van der Waals surface area contributed by atoms with Crippen LogP contribution in [0.4, 0.5) is 0 Å². The summed E-state index contributed by atoms with van der Waals surface area (Å²) in [5.74, 6) is 1.04. The van der Waals surface area contributed by atoms with Gasteiger partial charge in [-0.25, -0.2) is 0 Å². The summed E-state index contributed by atoms with van der Waals surface area (Å²) in [4.78, 5) is 12.0. The Hall–Kier alpha value is -1.26. The molecule has 3 N–H and O–H groups in total. The zero-order valence-electron chi connectivity index (χ0n) is 14.4. The molecule has 0 saturated carbocycles. The minimum atomic E-state index is -0.548. The van der Waals surface area contributed by atoms with Crippen LogP contribution in [0.3, 0.4) is 0 Å². The molecule has 0 aromatic heterocycles. The number of halogens is 1. The average Bonchev–Trinajstić information content (AvgIpc) is 2.37. The van der Waals surface area contributed by atoms with Crippen molar-refractivity contribution in [1.82, 2.24) is 5.32 Å². The van der Waals surface area contributed by atoms with Crippen LogP contribution in [0.25, 0.3) is 0 Å². The molecule has 1 aromatic rings. The minimum absolute atomic E-state index is 0. The second-order valence-corrected chi connectivity index (χ2v) is 6.65. The fourth-order valence-electron chi connectivity index (χ4n) is 1.81. The molecule has 22 heavy (non-hydrogen) atoms. The van der Waals surface area contributed by atoms with E-state index in [4.69, 9.17) is 10.5 Å². The highest BCUT2D eigenvalue weighted by Crippen LogP contribution is 2.25. The lowest BCUT2D eigenvalue weighted by atomic mass is 10.0. The third-order valence-corrected chi connectivity index (χ3v) is 3.27. The molecule has 1 aromatic carbocycles. The van der Waals surface area contributed by atoms with E-state index in [9.17, 15) is 4.79 Å². The lowest BCUT2D eigenvalue weighted by molar-refractivity contribution is -0.127. The number of carbonyl (C=O) groups excluding carboxylic acids is 1. The number of carbonyl (C=O) groups is 1. The van der Waals surface area contributed by atoms with Crippen molar-refractivity contribution in [2.45, 2.75) is 59.1 Å². The molecule has 0 spiro atoms. The summed E-state index contributed by atoms with van der Waals surface area (Å²) < 4.78 is 5.81. The van der Waals surface area contributed by atoms with Crippen LogP contribution in [-0.4, -0.2) is 24.1 Å². The van der Waals surface area contributed by atoms with E-state index in [0.29, 0.717) is 12.5 Å². The van der Waals surface area contributed by atoms with Crippen molar-refractivity contribution in [2.75, 3.05) is 6.54 Å². The fourth-order valence-corrected chi connectivity index (χ4v) is 1.81. The molecule has 0 aliphatic heterocycles. The van der Waals surface area contributed by atoms with Gasteiger partial charge in [0.2, 0.25) is 0 Å². The molecule has 1 unspecified atom stereocenters. The number of nitrogens with two attached hydrogens (primary N) is 1. The Labute approximate surface area is 140 Å². The van der Waals surface area contributed by atoms with Gasteiger partial charge in [-0.3, -0.25) is 4.79 Å². The topological polar surface area (TPSA) is 64.3 Å². The van der Waals surface area contributed by atoms with Crippen molar-refractivity contribution in [1.29, 1.82) is 0 Å². The first-order chi connectivity index (χ1) is 9.60. The minimum Gasteiger partial charge on any atom is -0.481 e. The van der Waals surface area contributed by atoms with Crippen LogP contribution in [0.5, 0.6) is 5.75 Å². The van der Waals surface area contributed by atoms with Gasteiger partial charge in [-0.05, 0) is 50.8 Å². The molecule has 1 atom stereocenters. The first-order valence-corrected chi connectivity index (χ1v) is 7.44. The van der Waals surface area contributed by atoms with Crippen LogP contribution >= 0.6 is 12.4 Å². The van der Waals surface area contributed by atoms with E-state index >= 15 is 0 Å². The maximum absolute atomic E-state index is 12.0. The molecule has 0 aliphatic rings. The number of hydrogen-bond donors (Lipinski definition) is 2. The Kier molecular flexibility index (Phi) is 7.91. The van der Waals surface area contributed by atoms with Gasteiger partial charge in [0.25, 0.3) is 5.91 Å². The number of aryl methyl sites for hydroxylation is 1. The number of rotatable bonds is 6. The predicted octanol–water partition coefficient (Wildman–Crippen LogP) is 3.16. The summed E-state index contributed by atoms with van der Waals surface area (Å²) in [7, 11) is 0. The molecule has 0 aliphatic carbocycles. The Bertz CT molecular complexity index is 496. The summed E-state index contributed by atoms with van der Waals surface area (Å²) in [5, 5.41) is 2.81. The Morgan fingerprint density at radius 1 is 1.32 bits per heavy atom. The smallest absolute Gasteiger partial charge is 0.260 e. The van der Waals surface area contributed by atoms with Crippen molar-refractivity contribution >= 4 is 18.3 Å². The molecule has 0 fully saturated rings. The highest BCUT2D eigenvalue weighted by molar-refractivity contribution is 5.85. The standard InChI is InChI=1S/C17H28N2O2.ClH/c1-11(2)14-8-7-12(3)15(9-14)21-13(4)16(20)19-10-17(5,6)18;/h7-9,11,13H,10,18H2,1-6H3,(H,19,20);1H. The third-order valence-electron chi connectivity index (χ3n) is 3.27. The van der Waals surface area contributed by atoms with E-state index in [-0.39, 0.29) is 18.3 Å². The number of benzene rings is 1. The van der Waals surface area contributed by atoms with Gasteiger partial charge >= 0.3 is 0 Å². The molecular weight excluding hydrogens is 300 g/mol. The van der Waals surface area contributed by atoms with Crippen LogP contribution in [0.15, 0.2) is 18.2 Å². The molecule has 0 heterocycles. The summed E-state index contributed by atoms with van der Waals surface area (Å²) in [6.07, 6.45) is -0.548. The zero-order valence-corrected chi connectivity index (χ0v) is 15.2. The van der Waals surface area contributed by atoms with Crippen LogP contribution in [0, 0.1) is 6.92 Å². The summed E-state index contributed by atoms with van der Waals surface area (Å²) in [5.41, 5.74) is 7.66. The van der Waals surface area contributed by atoms with E-state index in [1.54, 1.807) is 6.92 Å². The van der Waals surface area contributed by atoms with Gasteiger partial charge in [0.15, 0.2) is 6.10 Å². The molecular formula is C17H29ClN2O2. The largest absolute Gasteiger partial charge is 0.481 e. The average molecular weight is 329 g/mol. The summed E-state index contributed by atoms with van der Waals surface area (Å²) in [6, 6.07) is 6.13. The summed E-state index contributed by atoms with van der Waals surface area (Å²) in [6.45, 7) is 12.2. The molecule has 0 radical (unpaired) electrons. The SMILES string of the molecule is Cc1ccc(C(C)C)cc1OC(C)C(=O)NCC(C)(C)N.Cl. The number of nitrogens with one attached hydrogen (secondary N) is 1. The molecule has 5 heteroatoms. The maximum Gasteiger partial charge on any atom is 0.260 e. The normalized spacial score (nSPS) is 12.5. The highest BCUT2D eigenvalue weighted by Gasteiger charge is 2.19. The summed E-state index contributed by atoms with van der Waals surface area (Å²) >= 11 is 0. The van der Waals surface area contributed by atoms with Crippen LogP contribution in [-0.2, 0) is 4.79 Å². The van der Waals surface area contributed by atoms with E-state index in [1.807, 2.05) is 32.9 Å². The van der Waals surface area contributed by atoms with Crippen LogP contribution in [0.2, 0.25) is 0 Å². The third kappa shape index (κ3) is 6.67. The molecule has 1 rings (SSSR count). The van der Waals surface area contributed by atoms with Crippen LogP contribution < -0.4 is 15.8 Å². The molecule has 4 nitrogen and oxygen atoms in total. The molecule has 126 valence electrons. The number of hydrogen-bond acceptors (Lipinski definition) is 3. The van der Waals surface area contributed by atoms with Crippen molar-refractivity contribution in [3.8, 4) is 5.75 Å². The Balaban J connectivity index is 0.00000441. The van der Waals surface area contributed by atoms with Gasteiger partial charge < -0.3 is 15.8 Å². The van der Waals surface area contributed by atoms with Gasteiger partial charge in [0.1, 0.15) is 5.75 Å². The molecule has 0 bridgehead atoms. The lowest BCUT2D eigenvalue weighted by Crippen LogP contribution is -2.48. The Morgan fingerprint density at radius 2 is 1.91 bits per heavy atom. The number of ether oxygens (including phenoxy) is 1. The molecule has 0 saturated heterocycles. The van der Waals surface area contributed by atoms with E-state index in [2.05, 4.69) is 25.2 Å². The van der Waals surface area contributed by atoms with Gasteiger partial charge in [0.05, 0.1) is 0 Å². The van der Waals surface area contributed by atoms with Crippen molar-refractivity contribution in [3.63, 3.8) is 0 Å². The van der Waals surface area contributed by atoms with Crippen molar-refractivity contribution in [3.05, 3.63) is 29.3 Å². The van der Waals surface area contributed by atoms with Gasteiger partial charge in [-0.15, -0.1) is 12.4 Å². The van der Waals surface area contributed by atoms with Gasteiger partial charge in [-0.1, -0.05) is 26.0 Å². The maximum atomic E-state index is 12.0. The first-order valence-electron chi connectivity index (χ1n) is 7.44. The van der Waals surface area contributed by atoms with E-state index < -0.39 is 11.6 Å². The molecule has 1 amide bonds. The van der Waals surface area contributed by atoms with Crippen LogP contribution in [0.1, 0.15) is 51.7 Å². The first kappa shape index (κ1) is 20.7. The van der Waals surface area contributed by atoms with Crippen molar-refractivity contribution in [2.24, 2.45) is 5.73 Å². The predicted molar refractivity (Wildman–Crippen MR) is 93.9 cm³/mol. The fraction of sp³-hybridized carbons (Fsp3) is 0.588. The van der Waals surface area contributed by atoms with Gasteiger partial charge in [0, 0.05) is 12.1 Å². The monoisotopic (exact) mass is 328 g/mol. The van der Waals surface area contributed by atoms with Crippen molar-refractivity contribution < 1.29 is 9.53 Å².